The minimum absolute atomic E-state index is 0. The number of carbonyl (C=O) groups is 2. The van der Waals surface area contributed by atoms with Crippen molar-refractivity contribution in [1.82, 2.24) is 10.2 Å². The Bertz CT molecular complexity index is 839. The summed E-state index contributed by atoms with van der Waals surface area (Å²) in [5.41, 5.74) is 6.54. The van der Waals surface area contributed by atoms with Gasteiger partial charge in [0.2, 0.25) is 5.91 Å². The molecule has 0 aromatic heterocycles. The zero-order chi connectivity index (χ0) is 18.8. The Balaban J connectivity index is 0.00000225. The summed E-state index contributed by atoms with van der Waals surface area (Å²) in [6, 6.07) is 13.9. The van der Waals surface area contributed by atoms with Crippen LogP contribution in [0.5, 0.6) is 0 Å². The fourth-order valence-corrected chi connectivity index (χ4v) is 4.10. The zero-order valence-corrected chi connectivity index (χ0v) is 16.8. The average Bonchev–Trinajstić information content (AvgIpc) is 3.56. The third-order valence-electron chi connectivity index (χ3n) is 5.95. The normalized spacial score (nSPS) is 18.4. The Hall–Kier alpha value is -2.11. The summed E-state index contributed by atoms with van der Waals surface area (Å²) in [4.78, 5) is 27.5. The highest BCUT2D eigenvalue weighted by Gasteiger charge is 2.34. The van der Waals surface area contributed by atoms with E-state index < -0.39 is 0 Å². The number of benzene rings is 2. The lowest BCUT2D eigenvalue weighted by molar-refractivity contribution is -0.127. The lowest BCUT2D eigenvalue weighted by Crippen LogP contribution is -2.48. The van der Waals surface area contributed by atoms with E-state index in [0.29, 0.717) is 38.4 Å². The van der Waals surface area contributed by atoms with Gasteiger partial charge in [0, 0.05) is 37.2 Å². The number of amides is 2. The van der Waals surface area contributed by atoms with Gasteiger partial charge in [-0.3, -0.25) is 9.59 Å². The van der Waals surface area contributed by atoms with Crippen LogP contribution in [-0.2, 0) is 4.79 Å². The molecule has 0 bridgehead atoms. The van der Waals surface area contributed by atoms with E-state index in [0.717, 1.165) is 16.3 Å². The Morgan fingerprint density at radius 1 is 1.04 bits per heavy atom. The molecule has 2 aromatic rings. The minimum Gasteiger partial charge on any atom is -0.352 e. The van der Waals surface area contributed by atoms with E-state index in [-0.39, 0.29) is 36.2 Å². The Morgan fingerprint density at radius 2 is 1.71 bits per heavy atom. The van der Waals surface area contributed by atoms with Gasteiger partial charge in [-0.2, -0.15) is 0 Å². The van der Waals surface area contributed by atoms with E-state index in [1.54, 1.807) is 0 Å². The van der Waals surface area contributed by atoms with Gasteiger partial charge in [-0.25, -0.2) is 0 Å². The van der Waals surface area contributed by atoms with E-state index in [1.165, 1.54) is 12.8 Å². The van der Waals surface area contributed by atoms with E-state index in [2.05, 4.69) is 5.32 Å². The second kappa shape index (κ2) is 8.93. The van der Waals surface area contributed by atoms with Gasteiger partial charge in [0.05, 0.1) is 0 Å². The maximum Gasteiger partial charge on any atom is 0.254 e. The van der Waals surface area contributed by atoms with Crippen molar-refractivity contribution in [3.63, 3.8) is 0 Å². The molecule has 0 spiro atoms. The van der Waals surface area contributed by atoms with Gasteiger partial charge in [0.1, 0.15) is 0 Å². The molecule has 1 aliphatic carbocycles. The lowest BCUT2D eigenvalue weighted by atomic mass is 9.94. The van der Waals surface area contributed by atoms with Crippen molar-refractivity contribution in [3.8, 4) is 0 Å². The number of nitrogens with zero attached hydrogens (tertiary/aromatic N) is 1. The van der Waals surface area contributed by atoms with Crippen LogP contribution in [0.3, 0.4) is 0 Å². The van der Waals surface area contributed by atoms with Gasteiger partial charge in [-0.1, -0.05) is 36.4 Å². The summed E-state index contributed by atoms with van der Waals surface area (Å²) in [5.74, 6) is 0.708. The number of hydrogen-bond donors (Lipinski definition) is 2. The number of fused-ring (bicyclic) bond motifs is 1. The fourth-order valence-electron chi connectivity index (χ4n) is 4.10. The topological polar surface area (TPSA) is 75.4 Å². The molecule has 1 saturated carbocycles. The number of piperidine rings is 1. The van der Waals surface area contributed by atoms with Gasteiger partial charge in [-0.05, 0) is 48.4 Å². The van der Waals surface area contributed by atoms with Crippen LogP contribution in [0.15, 0.2) is 42.5 Å². The second-order valence-corrected chi connectivity index (χ2v) is 7.78. The molecular weight excluding hydrogens is 374 g/mol. The van der Waals surface area contributed by atoms with Crippen molar-refractivity contribution in [2.24, 2.45) is 17.6 Å². The van der Waals surface area contributed by atoms with E-state index in [4.69, 9.17) is 5.73 Å². The highest BCUT2D eigenvalue weighted by Crippen LogP contribution is 2.32. The third-order valence-corrected chi connectivity index (χ3v) is 5.95. The molecule has 0 radical (unpaired) electrons. The predicted molar refractivity (Wildman–Crippen MR) is 114 cm³/mol. The quantitative estimate of drug-likeness (QED) is 0.808. The third kappa shape index (κ3) is 4.31. The first-order valence-corrected chi connectivity index (χ1v) is 9.95. The van der Waals surface area contributed by atoms with Crippen LogP contribution >= 0.6 is 12.4 Å². The monoisotopic (exact) mass is 401 g/mol. The van der Waals surface area contributed by atoms with Crippen molar-refractivity contribution < 1.29 is 9.59 Å². The first kappa shape index (κ1) is 20.6. The molecular formula is C22H28ClN3O2. The second-order valence-electron chi connectivity index (χ2n) is 7.78. The van der Waals surface area contributed by atoms with Gasteiger partial charge < -0.3 is 16.0 Å². The van der Waals surface area contributed by atoms with Crippen molar-refractivity contribution in [1.29, 1.82) is 0 Å². The smallest absolute Gasteiger partial charge is 0.254 e. The van der Waals surface area contributed by atoms with E-state index in [9.17, 15) is 9.59 Å². The van der Waals surface area contributed by atoms with Crippen molar-refractivity contribution in [3.05, 3.63) is 48.0 Å². The van der Waals surface area contributed by atoms with Crippen molar-refractivity contribution in [2.75, 3.05) is 19.6 Å². The van der Waals surface area contributed by atoms with E-state index >= 15 is 0 Å². The molecule has 2 aromatic carbocycles. The van der Waals surface area contributed by atoms with Gasteiger partial charge in [0.15, 0.2) is 0 Å². The summed E-state index contributed by atoms with van der Waals surface area (Å²) >= 11 is 0. The molecule has 5 nitrogen and oxygen atoms in total. The van der Waals surface area contributed by atoms with Gasteiger partial charge in [0.25, 0.3) is 5.91 Å². The molecule has 3 N–H and O–H groups in total. The van der Waals surface area contributed by atoms with Gasteiger partial charge >= 0.3 is 0 Å². The lowest BCUT2D eigenvalue weighted by Gasteiger charge is -2.32. The zero-order valence-electron chi connectivity index (χ0n) is 16.0. The molecule has 28 heavy (non-hydrogen) atoms. The van der Waals surface area contributed by atoms with Crippen LogP contribution in [-0.4, -0.2) is 42.4 Å². The molecule has 150 valence electrons. The molecule has 1 saturated heterocycles. The van der Waals surface area contributed by atoms with Gasteiger partial charge in [-0.15, -0.1) is 12.4 Å². The SMILES string of the molecule is Cl.NCC(NC(=O)C1CCN(C(=O)c2cccc3ccccc23)CC1)C1CC1. The number of likely N-dealkylation sites (tertiary alicyclic amines) is 1. The molecule has 1 unspecified atom stereocenters. The summed E-state index contributed by atoms with van der Waals surface area (Å²) in [7, 11) is 0. The molecule has 1 heterocycles. The molecule has 2 aliphatic rings. The Labute approximate surface area is 172 Å². The molecule has 4 rings (SSSR count). The number of halogens is 1. The predicted octanol–water partition coefficient (Wildman–Crippen LogP) is 2.97. The first-order valence-electron chi connectivity index (χ1n) is 9.95. The first-order chi connectivity index (χ1) is 13.2. The number of carbonyl (C=O) groups excluding carboxylic acids is 2. The fraction of sp³-hybridized carbons (Fsp3) is 0.455. The van der Waals surface area contributed by atoms with E-state index in [1.807, 2.05) is 47.4 Å². The highest BCUT2D eigenvalue weighted by atomic mass is 35.5. The molecule has 2 amide bonds. The molecule has 1 aliphatic heterocycles. The molecule has 6 heteroatoms. The largest absolute Gasteiger partial charge is 0.352 e. The molecule has 1 atom stereocenters. The Kier molecular flexibility index (Phi) is 6.57. The van der Waals surface area contributed by atoms with Crippen molar-refractivity contribution >= 4 is 35.0 Å². The summed E-state index contributed by atoms with van der Waals surface area (Å²) in [6.07, 6.45) is 3.76. The number of hydrogen-bond acceptors (Lipinski definition) is 3. The number of nitrogens with two attached hydrogens (primary N) is 1. The summed E-state index contributed by atoms with van der Waals surface area (Å²) < 4.78 is 0. The number of nitrogens with one attached hydrogen (secondary N) is 1. The van der Waals surface area contributed by atoms with Crippen LogP contribution in [0.25, 0.3) is 10.8 Å². The van der Waals surface area contributed by atoms with Crippen LogP contribution in [0.4, 0.5) is 0 Å². The van der Waals surface area contributed by atoms with Crippen LogP contribution in [0.2, 0.25) is 0 Å². The minimum atomic E-state index is -0.0191. The maximum absolute atomic E-state index is 13.0. The summed E-state index contributed by atoms with van der Waals surface area (Å²) in [5, 5.41) is 5.19. The molecule has 2 fully saturated rings. The standard InChI is InChI=1S/C22H27N3O2.ClH/c23-14-20(16-8-9-16)24-21(26)17-10-12-25(13-11-17)22(27)19-7-3-5-15-4-1-2-6-18(15)19;/h1-7,16-17,20H,8-14,23H2,(H,24,26);1H. The highest BCUT2D eigenvalue weighted by molar-refractivity contribution is 6.07. The van der Waals surface area contributed by atoms with Crippen LogP contribution < -0.4 is 11.1 Å². The maximum atomic E-state index is 13.0. The Morgan fingerprint density at radius 3 is 2.39 bits per heavy atom. The van der Waals surface area contributed by atoms with Crippen LogP contribution in [0.1, 0.15) is 36.0 Å². The van der Waals surface area contributed by atoms with Crippen LogP contribution in [0, 0.1) is 11.8 Å². The number of rotatable bonds is 5. The van der Waals surface area contributed by atoms with Crippen molar-refractivity contribution in [2.45, 2.75) is 31.7 Å². The average molecular weight is 402 g/mol. The summed E-state index contributed by atoms with van der Waals surface area (Å²) in [6.45, 7) is 1.75.